The Morgan fingerprint density at radius 2 is 1.84 bits per heavy atom. The monoisotopic (exact) mass is 277 g/mol. The van der Waals surface area contributed by atoms with Gasteiger partial charge in [0.25, 0.3) is 0 Å². The molecule has 2 fully saturated rings. The first-order valence-corrected chi connectivity index (χ1v) is 7.96. The fraction of sp³-hybridized carbons (Fsp3) is 0.533. The van der Waals surface area contributed by atoms with E-state index in [0.29, 0.717) is 11.8 Å². The van der Waals surface area contributed by atoms with Gasteiger partial charge in [-0.1, -0.05) is 30.3 Å². The number of hydrogen-bond acceptors (Lipinski definition) is 3. The van der Waals surface area contributed by atoms with Crippen LogP contribution in [0.5, 0.6) is 0 Å². The van der Waals surface area contributed by atoms with Gasteiger partial charge in [0.1, 0.15) is 0 Å². The maximum absolute atomic E-state index is 11.4. The fourth-order valence-electron chi connectivity index (χ4n) is 3.41. The van der Waals surface area contributed by atoms with Crippen molar-refractivity contribution in [3.05, 3.63) is 35.9 Å². The van der Waals surface area contributed by atoms with Gasteiger partial charge >= 0.3 is 5.97 Å². The molecule has 0 aliphatic carbocycles. The zero-order valence-electron chi connectivity index (χ0n) is 10.9. The predicted octanol–water partition coefficient (Wildman–Crippen LogP) is 2.18. The lowest BCUT2D eigenvalue weighted by molar-refractivity contribution is -0.148. The Bertz CT molecular complexity index is 437. The first kappa shape index (κ1) is 13.0. The van der Waals surface area contributed by atoms with E-state index < -0.39 is 5.97 Å². The Hall–Kier alpha value is -1.00. The smallest absolute Gasteiger partial charge is 0.307 e. The molecule has 2 bridgehead atoms. The molecule has 3 rings (SSSR count). The van der Waals surface area contributed by atoms with Gasteiger partial charge in [0.05, 0.1) is 5.92 Å². The van der Waals surface area contributed by atoms with E-state index in [1.54, 1.807) is 0 Å². The first-order valence-electron chi connectivity index (χ1n) is 6.81. The molecule has 1 aromatic carbocycles. The van der Waals surface area contributed by atoms with Crippen molar-refractivity contribution in [2.45, 2.75) is 6.54 Å². The summed E-state index contributed by atoms with van der Waals surface area (Å²) in [4.78, 5) is 13.8. The summed E-state index contributed by atoms with van der Waals surface area (Å²) in [7, 11) is 0. The molecule has 1 N–H and O–H groups in total. The molecule has 2 aliphatic heterocycles. The van der Waals surface area contributed by atoms with Gasteiger partial charge in [-0.15, -0.1) is 0 Å². The van der Waals surface area contributed by atoms with Crippen molar-refractivity contribution in [2.24, 2.45) is 17.8 Å². The molecule has 0 unspecified atom stereocenters. The van der Waals surface area contributed by atoms with Gasteiger partial charge in [-0.2, -0.15) is 11.8 Å². The Kier molecular flexibility index (Phi) is 3.80. The van der Waals surface area contributed by atoms with Gasteiger partial charge in [-0.25, -0.2) is 0 Å². The minimum atomic E-state index is -0.588. The molecule has 0 aromatic heterocycles. The lowest BCUT2D eigenvalue weighted by Gasteiger charge is -2.45. The maximum atomic E-state index is 11.4. The second-order valence-corrected chi connectivity index (χ2v) is 6.68. The fourth-order valence-corrected chi connectivity index (χ4v) is 4.77. The standard InChI is InChI=1S/C15H19NO2S/c17-15(18)14-12-7-16(8-13(14)10-19-9-12)6-11-4-2-1-3-5-11/h1-5,12-14H,6-10H2,(H,17,18)/t12-,13-/m1/s1. The van der Waals surface area contributed by atoms with Crippen molar-refractivity contribution in [3.63, 3.8) is 0 Å². The van der Waals surface area contributed by atoms with Crippen LogP contribution in [0.2, 0.25) is 0 Å². The molecule has 1 aromatic rings. The topological polar surface area (TPSA) is 40.5 Å². The molecular weight excluding hydrogens is 258 g/mol. The van der Waals surface area contributed by atoms with Crippen LogP contribution in [0.25, 0.3) is 0 Å². The molecule has 0 spiro atoms. The van der Waals surface area contributed by atoms with Crippen molar-refractivity contribution < 1.29 is 9.90 Å². The van der Waals surface area contributed by atoms with Crippen molar-refractivity contribution in [1.29, 1.82) is 0 Å². The third-order valence-electron chi connectivity index (χ3n) is 4.20. The summed E-state index contributed by atoms with van der Waals surface area (Å²) < 4.78 is 0. The van der Waals surface area contributed by atoms with Crippen LogP contribution in [-0.4, -0.2) is 40.6 Å². The summed E-state index contributed by atoms with van der Waals surface area (Å²) in [5.41, 5.74) is 1.32. The van der Waals surface area contributed by atoms with E-state index in [1.165, 1.54) is 5.56 Å². The molecular formula is C15H19NO2S. The normalized spacial score (nSPS) is 31.1. The van der Waals surface area contributed by atoms with Crippen LogP contribution >= 0.6 is 11.8 Å². The Morgan fingerprint density at radius 1 is 1.21 bits per heavy atom. The van der Waals surface area contributed by atoms with E-state index in [4.69, 9.17) is 0 Å². The van der Waals surface area contributed by atoms with Gasteiger partial charge in [0.2, 0.25) is 0 Å². The molecule has 2 aliphatic rings. The van der Waals surface area contributed by atoms with Crippen molar-refractivity contribution >= 4 is 17.7 Å². The first-order chi connectivity index (χ1) is 9.24. The van der Waals surface area contributed by atoms with Crippen molar-refractivity contribution in [2.75, 3.05) is 24.6 Å². The van der Waals surface area contributed by atoms with Gasteiger partial charge in [-0.05, 0) is 28.9 Å². The van der Waals surface area contributed by atoms with Crippen molar-refractivity contribution in [1.82, 2.24) is 4.90 Å². The quantitative estimate of drug-likeness (QED) is 0.919. The van der Waals surface area contributed by atoms with Crippen LogP contribution in [0.1, 0.15) is 5.56 Å². The van der Waals surface area contributed by atoms with E-state index >= 15 is 0 Å². The van der Waals surface area contributed by atoms with Crippen LogP contribution < -0.4 is 0 Å². The highest BCUT2D eigenvalue weighted by atomic mass is 32.2. The largest absolute Gasteiger partial charge is 0.481 e. The molecule has 0 saturated carbocycles. The van der Waals surface area contributed by atoms with E-state index in [9.17, 15) is 9.90 Å². The van der Waals surface area contributed by atoms with Gasteiger partial charge in [-0.3, -0.25) is 9.69 Å². The molecule has 0 amide bonds. The Balaban J connectivity index is 1.69. The van der Waals surface area contributed by atoms with Crippen LogP contribution in [-0.2, 0) is 11.3 Å². The van der Waals surface area contributed by atoms with Gasteiger partial charge < -0.3 is 5.11 Å². The van der Waals surface area contributed by atoms with E-state index in [-0.39, 0.29) is 5.92 Å². The number of fused-ring (bicyclic) bond motifs is 2. The molecule has 2 atom stereocenters. The van der Waals surface area contributed by atoms with E-state index in [0.717, 1.165) is 31.1 Å². The zero-order chi connectivity index (χ0) is 13.2. The van der Waals surface area contributed by atoms with Crippen LogP contribution in [0.15, 0.2) is 30.3 Å². The Labute approximate surface area is 118 Å². The number of nitrogens with zero attached hydrogens (tertiary/aromatic N) is 1. The molecule has 4 heteroatoms. The summed E-state index contributed by atoms with van der Waals surface area (Å²) in [5, 5.41) is 9.39. The molecule has 3 nitrogen and oxygen atoms in total. The number of carbonyl (C=O) groups is 1. The van der Waals surface area contributed by atoms with Crippen LogP contribution in [0.3, 0.4) is 0 Å². The van der Waals surface area contributed by atoms with Crippen LogP contribution in [0, 0.1) is 17.8 Å². The molecule has 102 valence electrons. The highest BCUT2D eigenvalue weighted by Gasteiger charge is 2.43. The minimum absolute atomic E-state index is 0.117. The number of likely N-dealkylation sites (tertiary alicyclic amines) is 1. The maximum Gasteiger partial charge on any atom is 0.307 e. The molecule has 19 heavy (non-hydrogen) atoms. The summed E-state index contributed by atoms with van der Waals surface area (Å²) in [6.07, 6.45) is 0. The minimum Gasteiger partial charge on any atom is -0.481 e. The lowest BCUT2D eigenvalue weighted by Crippen LogP contribution is -2.52. The van der Waals surface area contributed by atoms with E-state index in [1.807, 2.05) is 17.8 Å². The number of piperidine rings is 1. The van der Waals surface area contributed by atoms with E-state index in [2.05, 4.69) is 29.2 Å². The number of rotatable bonds is 3. The molecule has 0 radical (unpaired) electrons. The van der Waals surface area contributed by atoms with Gasteiger partial charge in [0, 0.05) is 19.6 Å². The second kappa shape index (κ2) is 5.55. The van der Waals surface area contributed by atoms with Gasteiger partial charge in [0.15, 0.2) is 0 Å². The second-order valence-electron chi connectivity index (χ2n) is 5.60. The van der Waals surface area contributed by atoms with Crippen LogP contribution in [0.4, 0.5) is 0 Å². The number of benzene rings is 1. The number of carboxylic acid groups (broad SMARTS) is 1. The Morgan fingerprint density at radius 3 is 2.42 bits per heavy atom. The highest BCUT2D eigenvalue weighted by molar-refractivity contribution is 7.99. The highest BCUT2D eigenvalue weighted by Crippen LogP contribution is 2.38. The lowest BCUT2D eigenvalue weighted by atomic mass is 9.79. The molecule has 2 heterocycles. The number of carboxylic acids is 1. The zero-order valence-corrected chi connectivity index (χ0v) is 11.7. The summed E-state index contributed by atoms with van der Waals surface area (Å²) in [6.45, 7) is 2.80. The third-order valence-corrected chi connectivity index (χ3v) is 5.53. The number of hydrogen-bond donors (Lipinski definition) is 1. The molecule has 2 saturated heterocycles. The third kappa shape index (κ3) is 2.79. The average Bonchev–Trinajstić information content (AvgIpc) is 2.38. The predicted molar refractivity (Wildman–Crippen MR) is 77.1 cm³/mol. The van der Waals surface area contributed by atoms with Crippen molar-refractivity contribution in [3.8, 4) is 0 Å². The number of aliphatic carboxylic acids is 1. The number of thioether (sulfide) groups is 1. The summed E-state index contributed by atoms with van der Waals surface area (Å²) in [6, 6.07) is 10.5. The summed E-state index contributed by atoms with van der Waals surface area (Å²) in [5.74, 6) is 1.93. The SMILES string of the molecule is O=C(O)C1[C@H]2CSC[C@H]1CN(Cc1ccccc1)C2. The average molecular weight is 277 g/mol. The summed E-state index contributed by atoms with van der Waals surface area (Å²) >= 11 is 1.93.